The van der Waals surface area contributed by atoms with E-state index in [1.165, 1.54) is 25.3 Å². The zero-order valence-corrected chi connectivity index (χ0v) is 13.2. The third kappa shape index (κ3) is 3.34. The second kappa shape index (κ2) is 6.66. The molecule has 1 aliphatic rings. The molecule has 0 bridgehead atoms. The molecule has 7 heteroatoms. The molecule has 2 aromatic rings. The van der Waals surface area contributed by atoms with Crippen molar-refractivity contribution in [3.05, 3.63) is 64.0 Å². The lowest BCUT2D eigenvalue weighted by atomic mass is 10.1. The predicted octanol–water partition coefficient (Wildman–Crippen LogP) is 2.80. The lowest BCUT2D eigenvalue weighted by Gasteiger charge is -2.22. The van der Waals surface area contributed by atoms with Gasteiger partial charge in [-0.15, -0.1) is 0 Å². The summed E-state index contributed by atoms with van der Waals surface area (Å²) in [5, 5.41) is 11.0. The van der Waals surface area contributed by atoms with Crippen LogP contribution >= 0.6 is 0 Å². The Hall–Kier alpha value is -2.96. The number of hydrogen-bond acceptors (Lipinski definition) is 5. The summed E-state index contributed by atoms with van der Waals surface area (Å²) >= 11 is 0. The van der Waals surface area contributed by atoms with Crippen LogP contribution < -0.4 is 4.74 Å². The van der Waals surface area contributed by atoms with Crippen LogP contribution in [0.5, 0.6) is 5.75 Å². The SMILES string of the molecule is COc1cc(C(=O)N(Cc2cccnc2)C2CC2)ccc1[N+](=O)[O-]. The molecule has 0 aliphatic heterocycles. The molecule has 1 saturated carbocycles. The van der Waals surface area contributed by atoms with Crippen LogP contribution in [0.4, 0.5) is 5.69 Å². The Morgan fingerprint density at radius 3 is 2.79 bits per heavy atom. The molecular weight excluding hydrogens is 310 g/mol. The van der Waals surface area contributed by atoms with Crippen molar-refractivity contribution in [2.75, 3.05) is 7.11 Å². The molecule has 0 atom stereocenters. The first-order valence-electron chi connectivity index (χ1n) is 7.62. The number of hydrogen-bond donors (Lipinski definition) is 0. The highest BCUT2D eigenvalue weighted by Crippen LogP contribution is 2.32. The van der Waals surface area contributed by atoms with Gasteiger partial charge >= 0.3 is 5.69 Å². The minimum atomic E-state index is -0.526. The average Bonchev–Trinajstić information content (AvgIpc) is 3.44. The molecule has 1 heterocycles. The van der Waals surface area contributed by atoms with E-state index < -0.39 is 4.92 Å². The van der Waals surface area contributed by atoms with E-state index in [4.69, 9.17) is 4.74 Å². The third-order valence-electron chi connectivity index (χ3n) is 3.95. The second-order valence-corrected chi connectivity index (χ2v) is 5.67. The Kier molecular flexibility index (Phi) is 4.41. The van der Waals surface area contributed by atoms with Crippen LogP contribution in [0.15, 0.2) is 42.7 Å². The van der Waals surface area contributed by atoms with Gasteiger partial charge in [0.2, 0.25) is 0 Å². The first kappa shape index (κ1) is 15.9. The molecule has 7 nitrogen and oxygen atoms in total. The monoisotopic (exact) mass is 327 g/mol. The maximum absolute atomic E-state index is 12.9. The fraction of sp³-hybridized carbons (Fsp3) is 0.294. The summed E-state index contributed by atoms with van der Waals surface area (Å²) in [7, 11) is 1.35. The van der Waals surface area contributed by atoms with Crippen molar-refractivity contribution in [2.24, 2.45) is 0 Å². The van der Waals surface area contributed by atoms with Crippen molar-refractivity contribution in [3.63, 3.8) is 0 Å². The molecule has 1 aromatic carbocycles. The van der Waals surface area contributed by atoms with Crippen LogP contribution in [-0.4, -0.2) is 33.9 Å². The fourth-order valence-electron chi connectivity index (χ4n) is 2.57. The van der Waals surface area contributed by atoms with Gasteiger partial charge in [0.1, 0.15) is 0 Å². The Bertz CT molecular complexity index is 760. The smallest absolute Gasteiger partial charge is 0.310 e. The highest BCUT2D eigenvalue weighted by molar-refractivity contribution is 5.95. The van der Waals surface area contributed by atoms with Crippen molar-refractivity contribution < 1.29 is 14.5 Å². The molecule has 0 saturated heterocycles. The van der Waals surface area contributed by atoms with E-state index in [2.05, 4.69) is 4.98 Å². The normalized spacial score (nSPS) is 13.4. The molecule has 24 heavy (non-hydrogen) atoms. The molecule has 3 rings (SSSR count). The van der Waals surface area contributed by atoms with Crippen molar-refractivity contribution in [1.29, 1.82) is 0 Å². The molecule has 1 fully saturated rings. The van der Waals surface area contributed by atoms with Crippen LogP contribution in [0.25, 0.3) is 0 Å². The maximum atomic E-state index is 12.9. The predicted molar refractivity (Wildman–Crippen MR) is 86.8 cm³/mol. The number of methoxy groups -OCH3 is 1. The van der Waals surface area contributed by atoms with E-state index in [0.717, 1.165) is 18.4 Å². The van der Waals surface area contributed by atoms with Crippen LogP contribution in [0.2, 0.25) is 0 Å². The van der Waals surface area contributed by atoms with Gasteiger partial charge in [0.05, 0.1) is 12.0 Å². The zero-order chi connectivity index (χ0) is 17.1. The van der Waals surface area contributed by atoms with E-state index in [9.17, 15) is 14.9 Å². The number of ether oxygens (including phenoxy) is 1. The van der Waals surface area contributed by atoms with Gasteiger partial charge in [-0.1, -0.05) is 6.07 Å². The summed E-state index contributed by atoms with van der Waals surface area (Å²) in [6.45, 7) is 0.469. The van der Waals surface area contributed by atoms with E-state index >= 15 is 0 Å². The number of amides is 1. The standard InChI is InChI=1S/C17H17N3O4/c1-24-16-9-13(4-7-15(16)20(22)23)17(21)19(14-5-6-14)11-12-3-2-8-18-10-12/h2-4,7-10,14H,5-6,11H2,1H3. The summed E-state index contributed by atoms with van der Waals surface area (Å²) in [6, 6.07) is 8.17. The summed E-state index contributed by atoms with van der Waals surface area (Å²) in [4.78, 5) is 29.2. The Morgan fingerprint density at radius 1 is 1.42 bits per heavy atom. The van der Waals surface area contributed by atoms with Gasteiger partial charge in [-0.3, -0.25) is 19.9 Å². The molecule has 0 radical (unpaired) electrons. The molecule has 0 spiro atoms. The number of pyridine rings is 1. The lowest BCUT2D eigenvalue weighted by Crippen LogP contribution is -2.32. The molecule has 124 valence electrons. The highest BCUT2D eigenvalue weighted by atomic mass is 16.6. The van der Waals surface area contributed by atoms with Crippen molar-refractivity contribution >= 4 is 11.6 Å². The number of aromatic nitrogens is 1. The van der Waals surface area contributed by atoms with Crippen molar-refractivity contribution in [1.82, 2.24) is 9.88 Å². The van der Waals surface area contributed by atoms with E-state index in [1.807, 2.05) is 12.1 Å². The molecule has 1 aliphatic carbocycles. The number of carbonyl (C=O) groups excluding carboxylic acids is 1. The van der Waals surface area contributed by atoms with Crippen molar-refractivity contribution in [2.45, 2.75) is 25.4 Å². The van der Waals surface area contributed by atoms with E-state index in [1.54, 1.807) is 17.3 Å². The summed E-state index contributed by atoms with van der Waals surface area (Å²) in [5.41, 5.74) is 1.18. The van der Waals surface area contributed by atoms with E-state index in [0.29, 0.717) is 12.1 Å². The van der Waals surface area contributed by atoms with Crippen molar-refractivity contribution in [3.8, 4) is 5.75 Å². The summed E-state index contributed by atoms with van der Waals surface area (Å²) in [6.07, 6.45) is 5.36. The quantitative estimate of drug-likeness (QED) is 0.601. The van der Waals surface area contributed by atoms with Gasteiger partial charge in [-0.05, 0) is 30.5 Å². The number of rotatable bonds is 6. The number of nitro groups is 1. The molecule has 1 aromatic heterocycles. The Morgan fingerprint density at radius 2 is 2.21 bits per heavy atom. The molecular formula is C17H17N3O4. The van der Waals surface area contributed by atoms with Gasteiger partial charge in [0, 0.05) is 42.7 Å². The van der Waals surface area contributed by atoms with Gasteiger partial charge in [0.25, 0.3) is 5.91 Å². The van der Waals surface area contributed by atoms with Gasteiger partial charge in [-0.25, -0.2) is 0 Å². The first-order chi connectivity index (χ1) is 11.6. The molecule has 0 N–H and O–H groups in total. The number of benzene rings is 1. The molecule has 1 amide bonds. The second-order valence-electron chi connectivity index (χ2n) is 5.67. The third-order valence-corrected chi connectivity index (χ3v) is 3.95. The minimum Gasteiger partial charge on any atom is -0.490 e. The average molecular weight is 327 g/mol. The summed E-state index contributed by atoms with van der Waals surface area (Å²) in [5.74, 6) is -0.0717. The number of nitrogens with zero attached hydrogens (tertiary/aromatic N) is 3. The van der Waals surface area contributed by atoms with Crippen LogP contribution in [-0.2, 0) is 6.54 Å². The Balaban J connectivity index is 1.86. The largest absolute Gasteiger partial charge is 0.490 e. The molecule has 0 unspecified atom stereocenters. The lowest BCUT2D eigenvalue weighted by molar-refractivity contribution is -0.385. The Labute approximate surface area is 139 Å². The maximum Gasteiger partial charge on any atom is 0.310 e. The number of nitro benzene ring substituents is 1. The van der Waals surface area contributed by atoms with Gasteiger partial charge in [0.15, 0.2) is 5.75 Å². The van der Waals surface area contributed by atoms with E-state index in [-0.39, 0.29) is 23.4 Å². The minimum absolute atomic E-state index is 0.0861. The van der Waals surface area contributed by atoms with Gasteiger partial charge in [-0.2, -0.15) is 0 Å². The van der Waals surface area contributed by atoms with Crippen LogP contribution in [0, 0.1) is 10.1 Å². The van der Waals surface area contributed by atoms with Crippen LogP contribution in [0.1, 0.15) is 28.8 Å². The zero-order valence-electron chi connectivity index (χ0n) is 13.2. The highest BCUT2D eigenvalue weighted by Gasteiger charge is 2.33. The first-order valence-corrected chi connectivity index (χ1v) is 7.62. The van der Waals surface area contributed by atoms with Crippen LogP contribution in [0.3, 0.4) is 0 Å². The number of carbonyl (C=O) groups is 1. The summed E-state index contributed by atoms with van der Waals surface area (Å²) < 4.78 is 5.05. The van der Waals surface area contributed by atoms with Gasteiger partial charge < -0.3 is 9.64 Å². The fourth-order valence-corrected chi connectivity index (χ4v) is 2.57. The topological polar surface area (TPSA) is 85.6 Å².